The van der Waals surface area contributed by atoms with Crippen molar-refractivity contribution in [2.75, 3.05) is 12.9 Å². The van der Waals surface area contributed by atoms with Crippen molar-refractivity contribution in [1.82, 2.24) is 24.7 Å². The number of ketones is 1. The van der Waals surface area contributed by atoms with E-state index in [1.54, 1.807) is 17.0 Å². The van der Waals surface area contributed by atoms with Crippen LogP contribution in [-0.4, -0.2) is 43.4 Å². The van der Waals surface area contributed by atoms with Gasteiger partial charge in [-0.25, -0.2) is 9.67 Å². The summed E-state index contributed by atoms with van der Waals surface area (Å²) in [6.45, 7) is 2.14. The van der Waals surface area contributed by atoms with Crippen LogP contribution in [0.15, 0.2) is 60.0 Å². The van der Waals surface area contributed by atoms with Crippen molar-refractivity contribution in [1.29, 1.82) is 0 Å². The number of pyridine rings is 1. The molecule has 12 heteroatoms. The lowest BCUT2D eigenvalue weighted by molar-refractivity contribution is -0.137. The van der Waals surface area contributed by atoms with E-state index >= 15 is 0 Å². The van der Waals surface area contributed by atoms with Crippen molar-refractivity contribution >= 4 is 28.4 Å². The molecule has 5 aromatic rings. The predicted molar refractivity (Wildman–Crippen MR) is 159 cm³/mol. The number of aromatic nitrogens is 5. The number of nitrogens with zero attached hydrogens (tertiary/aromatic N) is 5. The summed E-state index contributed by atoms with van der Waals surface area (Å²) in [6, 6.07) is 12.5. The maximum Gasteiger partial charge on any atom is 0.417 e. The average Bonchev–Trinajstić information content (AvgIpc) is 3.58. The molecule has 44 heavy (non-hydrogen) atoms. The van der Waals surface area contributed by atoms with Crippen LogP contribution < -0.4 is 4.74 Å². The molecule has 1 aliphatic heterocycles. The lowest BCUT2D eigenvalue weighted by Gasteiger charge is -2.24. The van der Waals surface area contributed by atoms with Crippen molar-refractivity contribution < 1.29 is 27.4 Å². The van der Waals surface area contributed by atoms with Gasteiger partial charge in [-0.05, 0) is 55.7 Å². The molecule has 1 saturated heterocycles. The van der Waals surface area contributed by atoms with Gasteiger partial charge in [0, 0.05) is 29.3 Å². The zero-order valence-corrected chi connectivity index (χ0v) is 24.6. The number of alkyl halides is 3. The Morgan fingerprint density at radius 2 is 1.89 bits per heavy atom. The van der Waals surface area contributed by atoms with Gasteiger partial charge >= 0.3 is 6.18 Å². The molecule has 3 aromatic heterocycles. The lowest BCUT2D eigenvalue weighted by Crippen LogP contribution is -2.19. The first-order valence-electron chi connectivity index (χ1n) is 14.1. The maximum atomic E-state index is 14.8. The summed E-state index contributed by atoms with van der Waals surface area (Å²) in [5.74, 6) is -0.355. The van der Waals surface area contributed by atoms with Gasteiger partial charge in [-0.2, -0.15) is 23.3 Å². The molecule has 2 aliphatic rings. The summed E-state index contributed by atoms with van der Waals surface area (Å²) in [5, 5.41) is 5.02. The van der Waals surface area contributed by atoms with Crippen LogP contribution in [0.5, 0.6) is 5.88 Å². The van der Waals surface area contributed by atoms with E-state index < -0.39 is 23.8 Å². The number of thioether (sulfide) groups is 1. The molecule has 224 valence electrons. The fourth-order valence-electron chi connectivity index (χ4n) is 6.03. The van der Waals surface area contributed by atoms with Gasteiger partial charge in [-0.1, -0.05) is 42.1 Å². The van der Waals surface area contributed by atoms with Crippen LogP contribution in [0.2, 0.25) is 0 Å². The number of aryl methyl sites for hydroxylation is 1. The molecule has 0 radical (unpaired) electrons. The number of benzene rings is 2. The van der Waals surface area contributed by atoms with E-state index in [0.29, 0.717) is 34.8 Å². The highest BCUT2D eigenvalue weighted by Gasteiger charge is 2.42. The summed E-state index contributed by atoms with van der Waals surface area (Å²) in [4.78, 5) is 27.5. The van der Waals surface area contributed by atoms with E-state index in [9.17, 15) is 18.0 Å². The molecule has 0 saturated carbocycles. The average molecular weight is 618 g/mol. The fourth-order valence-corrected chi connectivity index (χ4v) is 6.39. The smallest absolute Gasteiger partial charge is 0.417 e. The van der Waals surface area contributed by atoms with Crippen molar-refractivity contribution in [3.63, 3.8) is 0 Å². The van der Waals surface area contributed by atoms with Crippen LogP contribution in [0.4, 0.5) is 13.2 Å². The molecule has 0 spiro atoms. The van der Waals surface area contributed by atoms with Gasteiger partial charge in [-0.15, -0.1) is 0 Å². The Hall–Kier alpha value is -4.29. The van der Waals surface area contributed by atoms with Crippen molar-refractivity contribution in [2.24, 2.45) is 0 Å². The van der Waals surface area contributed by atoms with Gasteiger partial charge < -0.3 is 9.47 Å². The Morgan fingerprint density at radius 3 is 2.61 bits per heavy atom. The summed E-state index contributed by atoms with van der Waals surface area (Å²) < 4.78 is 58.1. The molecule has 7 rings (SSSR count). The highest BCUT2D eigenvalue weighted by molar-refractivity contribution is 7.98. The van der Waals surface area contributed by atoms with Crippen LogP contribution in [0.1, 0.15) is 58.2 Å². The van der Waals surface area contributed by atoms with Crippen LogP contribution in [0.25, 0.3) is 33.3 Å². The molecule has 4 heterocycles. The number of rotatable bonds is 6. The van der Waals surface area contributed by atoms with Crippen LogP contribution in [-0.2, 0) is 17.5 Å². The second-order valence-corrected chi connectivity index (χ2v) is 11.5. The van der Waals surface area contributed by atoms with Gasteiger partial charge in [0.15, 0.2) is 11.4 Å². The second kappa shape index (κ2) is 11.0. The SMILES string of the molecule is CSc1nc(OCc2ccccc2)c2c(n1)C(=O)c1c-2ccnc1-c1c(C(F)(F)F)c(C)cc2c1cnn2C1CCCCO1. The first kappa shape index (κ1) is 28.5. The Labute approximate surface area is 254 Å². The quantitative estimate of drug-likeness (QED) is 0.141. The highest BCUT2D eigenvalue weighted by Crippen LogP contribution is 2.49. The van der Waals surface area contributed by atoms with Gasteiger partial charge in [0.1, 0.15) is 12.3 Å². The monoisotopic (exact) mass is 617 g/mol. The largest absolute Gasteiger partial charge is 0.472 e. The molecule has 0 amide bonds. The van der Waals surface area contributed by atoms with E-state index in [2.05, 4.69) is 20.1 Å². The molecular formula is C32H26F3N5O3S. The van der Waals surface area contributed by atoms with Crippen LogP contribution >= 0.6 is 11.8 Å². The summed E-state index contributed by atoms with van der Waals surface area (Å²) in [5.41, 5.74) is 1.03. The Morgan fingerprint density at radius 1 is 1.07 bits per heavy atom. The van der Waals surface area contributed by atoms with Gasteiger partial charge in [0.25, 0.3) is 0 Å². The standard InChI is InChI=1S/C32H26F3N5O3S/c1-17-14-21-20(15-37-40(21)22-10-6-7-13-42-22)23(26(17)32(33,34)35)27-24-19(11-12-36-27)25-28(29(24)41)38-31(44-2)39-30(25)43-16-18-8-4-3-5-9-18/h3-5,8-9,11-12,14-15,22H,6-7,10,13,16H2,1-2H3. The Bertz CT molecular complexity index is 1920. The lowest BCUT2D eigenvalue weighted by atomic mass is 9.91. The maximum absolute atomic E-state index is 14.8. The van der Waals surface area contributed by atoms with Gasteiger partial charge in [0.2, 0.25) is 11.7 Å². The van der Waals surface area contributed by atoms with E-state index in [1.165, 1.54) is 37.1 Å². The van der Waals surface area contributed by atoms with Crippen LogP contribution in [0.3, 0.4) is 0 Å². The van der Waals surface area contributed by atoms with E-state index in [4.69, 9.17) is 9.47 Å². The number of hydrogen-bond donors (Lipinski definition) is 0. The summed E-state index contributed by atoms with van der Waals surface area (Å²) in [7, 11) is 0. The summed E-state index contributed by atoms with van der Waals surface area (Å²) in [6.07, 6.45) is 2.00. The number of ether oxygens (including phenoxy) is 2. The molecule has 0 N–H and O–H groups in total. The topological polar surface area (TPSA) is 92.0 Å². The normalized spacial score (nSPS) is 16.3. The van der Waals surface area contributed by atoms with E-state index in [0.717, 1.165) is 18.4 Å². The second-order valence-electron chi connectivity index (χ2n) is 10.7. The molecule has 1 aliphatic carbocycles. The van der Waals surface area contributed by atoms with Crippen LogP contribution in [0, 0.1) is 6.92 Å². The summed E-state index contributed by atoms with van der Waals surface area (Å²) >= 11 is 1.24. The fraction of sp³-hybridized carbons (Fsp3) is 0.281. The molecule has 1 fully saturated rings. The molecule has 0 bridgehead atoms. The van der Waals surface area contributed by atoms with Gasteiger partial charge in [0.05, 0.1) is 34.1 Å². The van der Waals surface area contributed by atoms with E-state index in [-0.39, 0.29) is 46.0 Å². The number of halogens is 3. The zero-order chi connectivity index (χ0) is 30.6. The first-order valence-corrected chi connectivity index (χ1v) is 15.4. The van der Waals surface area contributed by atoms with E-state index in [1.807, 2.05) is 30.3 Å². The predicted octanol–water partition coefficient (Wildman–Crippen LogP) is 7.43. The number of carbonyl (C=O) groups excluding carboxylic acids is 1. The Balaban J connectivity index is 1.44. The molecule has 1 unspecified atom stereocenters. The zero-order valence-electron chi connectivity index (χ0n) is 23.8. The van der Waals surface area contributed by atoms with Crippen molar-refractivity contribution in [3.8, 4) is 28.3 Å². The Kier molecular flexibility index (Phi) is 7.13. The third-order valence-corrected chi connectivity index (χ3v) is 8.52. The molecule has 8 nitrogen and oxygen atoms in total. The van der Waals surface area contributed by atoms with Crippen molar-refractivity contribution in [3.05, 3.63) is 82.8 Å². The van der Waals surface area contributed by atoms with Crippen molar-refractivity contribution in [2.45, 2.75) is 50.4 Å². The molecular weight excluding hydrogens is 591 g/mol. The number of carbonyl (C=O) groups is 1. The first-order chi connectivity index (χ1) is 21.3. The number of fused-ring (bicyclic) bond motifs is 4. The molecule has 2 aromatic carbocycles. The third-order valence-electron chi connectivity index (χ3n) is 7.97. The number of hydrogen-bond acceptors (Lipinski definition) is 8. The highest BCUT2D eigenvalue weighted by atomic mass is 32.2. The third kappa shape index (κ3) is 4.72. The molecule has 1 atom stereocenters. The minimum absolute atomic E-state index is 0.00346. The van der Waals surface area contributed by atoms with Gasteiger partial charge in [-0.3, -0.25) is 9.78 Å². The minimum atomic E-state index is -4.73. The minimum Gasteiger partial charge on any atom is -0.472 e.